The zero-order valence-electron chi connectivity index (χ0n) is 13.5. The minimum absolute atomic E-state index is 0.249. The second kappa shape index (κ2) is 6.94. The predicted octanol–water partition coefficient (Wildman–Crippen LogP) is 3.68. The Hall–Kier alpha value is -2.24. The first-order chi connectivity index (χ1) is 11.9. The number of urea groups is 1. The van der Waals surface area contributed by atoms with E-state index in [9.17, 15) is 9.59 Å². The Kier molecular flexibility index (Phi) is 4.88. The first-order valence-electron chi connectivity index (χ1n) is 7.80. The molecule has 1 aliphatic rings. The monoisotopic (exact) mass is 377 g/mol. The van der Waals surface area contributed by atoms with Crippen LogP contribution in [-0.4, -0.2) is 18.0 Å². The Morgan fingerprint density at radius 3 is 2.60 bits per heavy atom. The minimum atomic E-state index is -0.769. The molecule has 0 spiro atoms. The number of hydrogen-bond acceptors (Lipinski definition) is 2. The number of amides is 3. The number of rotatable bonds is 3. The van der Waals surface area contributed by atoms with E-state index in [1.54, 1.807) is 17.0 Å². The van der Waals surface area contributed by atoms with Crippen molar-refractivity contribution < 1.29 is 9.59 Å². The number of primary amides is 1. The quantitative estimate of drug-likeness (QED) is 0.855. The van der Waals surface area contributed by atoms with Crippen molar-refractivity contribution in [2.45, 2.75) is 25.4 Å². The molecule has 0 saturated carbocycles. The summed E-state index contributed by atoms with van der Waals surface area (Å²) in [5.74, 6) is -0.249. The number of hydrogen-bond donors (Lipinski definition) is 2. The van der Waals surface area contributed by atoms with Crippen LogP contribution in [0.4, 0.5) is 10.5 Å². The van der Waals surface area contributed by atoms with E-state index in [4.69, 9.17) is 28.9 Å². The third-order valence-corrected chi connectivity index (χ3v) is 4.88. The van der Waals surface area contributed by atoms with Gasteiger partial charge in [-0.15, -0.1) is 0 Å². The number of anilines is 1. The van der Waals surface area contributed by atoms with Gasteiger partial charge in [0.25, 0.3) is 5.91 Å². The van der Waals surface area contributed by atoms with Crippen LogP contribution in [0.25, 0.3) is 0 Å². The highest BCUT2D eigenvalue weighted by molar-refractivity contribution is 6.36. The molecular formula is C18H17Cl2N3O2. The van der Waals surface area contributed by atoms with E-state index < -0.39 is 12.1 Å². The molecule has 3 rings (SSSR count). The molecule has 1 heterocycles. The molecule has 2 aromatic rings. The van der Waals surface area contributed by atoms with Gasteiger partial charge in [-0.1, -0.05) is 53.5 Å². The number of carbonyl (C=O) groups excluding carboxylic acids is 2. The van der Waals surface area contributed by atoms with Crippen molar-refractivity contribution in [3.05, 3.63) is 63.6 Å². The predicted molar refractivity (Wildman–Crippen MR) is 99.0 cm³/mol. The van der Waals surface area contributed by atoms with Crippen molar-refractivity contribution in [3.8, 4) is 0 Å². The van der Waals surface area contributed by atoms with E-state index in [1.165, 1.54) is 0 Å². The zero-order valence-corrected chi connectivity index (χ0v) is 15.0. The summed E-state index contributed by atoms with van der Waals surface area (Å²) in [6.45, 7) is 1.92. The van der Waals surface area contributed by atoms with E-state index in [-0.39, 0.29) is 18.4 Å². The molecule has 25 heavy (non-hydrogen) atoms. The number of nitrogens with one attached hydrogen (secondary N) is 1. The van der Waals surface area contributed by atoms with Crippen LogP contribution in [0.15, 0.2) is 42.5 Å². The highest BCUT2D eigenvalue weighted by Crippen LogP contribution is 2.40. The maximum Gasteiger partial charge on any atom is 0.312 e. The van der Waals surface area contributed by atoms with Crippen LogP contribution in [0.5, 0.6) is 0 Å². The number of fused-ring (bicyclic) bond motifs is 1. The molecule has 1 aliphatic heterocycles. The second-order valence-electron chi connectivity index (χ2n) is 5.95. The fourth-order valence-corrected chi connectivity index (χ4v) is 3.71. The molecule has 0 bridgehead atoms. The van der Waals surface area contributed by atoms with Gasteiger partial charge < -0.3 is 16.0 Å². The van der Waals surface area contributed by atoms with Crippen LogP contribution < -0.4 is 16.0 Å². The first-order valence-corrected chi connectivity index (χ1v) is 8.56. The van der Waals surface area contributed by atoms with Gasteiger partial charge in [0.15, 0.2) is 0 Å². The summed E-state index contributed by atoms with van der Waals surface area (Å²) in [5, 5.41) is 3.41. The van der Waals surface area contributed by atoms with Crippen LogP contribution in [-0.2, 0) is 11.2 Å². The molecule has 0 aromatic heterocycles. The van der Waals surface area contributed by atoms with E-state index in [0.29, 0.717) is 15.7 Å². The van der Waals surface area contributed by atoms with Gasteiger partial charge in [0.2, 0.25) is 0 Å². The van der Waals surface area contributed by atoms with Crippen molar-refractivity contribution in [2.75, 3.05) is 4.90 Å². The summed E-state index contributed by atoms with van der Waals surface area (Å²) in [7, 11) is 0. The fourth-order valence-electron chi connectivity index (χ4n) is 3.15. The Morgan fingerprint density at radius 2 is 1.96 bits per heavy atom. The number of benzene rings is 2. The van der Waals surface area contributed by atoms with Gasteiger partial charge in [-0.3, -0.25) is 4.79 Å². The third-order valence-electron chi connectivity index (χ3n) is 4.33. The molecule has 0 fully saturated rings. The van der Waals surface area contributed by atoms with E-state index in [0.717, 1.165) is 11.1 Å². The lowest BCUT2D eigenvalue weighted by atomic mass is 9.94. The van der Waals surface area contributed by atoms with Crippen LogP contribution in [0.2, 0.25) is 10.0 Å². The molecule has 7 heteroatoms. The number of nitrogens with zero attached hydrogens (tertiary/aromatic N) is 1. The Bertz CT molecular complexity index is 827. The Labute approximate surface area is 155 Å². The molecule has 0 saturated heterocycles. The lowest BCUT2D eigenvalue weighted by molar-refractivity contribution is -0.121. The topological polar surface area (TPSA) is 75.4 Å². The van der Waals surface area contributed by atoms with Crippen LogP contribution in [0, 0.1) is 0 Å². The largest absolute Gasteiger partial charge is 0.352 e. The van der Waals surface area contributed by atoms with Crippen LogP contribution >= 0.6 is 23.2 Å². The van der Waals surface area contributed by atoms with Gasteiger partial charge in [-0.05, 0) is 30.2 Å². The molecule has 3 amide bonds. The molecule has 3 N–H and O–H groups in total. The molecule has 2 atom stereocenters. The van der Waals surface area contributed by atoms with Crippen molar-refractivity contribution in [1.29, 1.82) is 0 Å². The highest BCUT2D eigenvalue weighted by atomic mass is 35.5. The van der Waals surface area contributed by atoms with E-state index in [1.807, 2.05) is 37.3 Å². The standard InChI is InChI=1S/C18H17Cl2N3O2/c1-10(11-5-3-2-4-6-11)23-16-8-12(19)7-14(20)13(16)9-15(17(23)24)22-18(21)25/h2-8,10,15H,9H2,1H3,(H3,21,22,25)/t10-,15+/m0/s1. The van der Waals surface area contributed by atoms with Gasteiger partial charge in [-0.25, -0.2) is 4.79 Å². The average Bonchev–Trinajstić information content (AvgIpc) is 2.56. The van der Waals surface area contributed by atoms with Crippen molar-refractivity contribution in [3.63, 3.8) is 0 Å². The normalized spacial score (nSPS) is 17.8. The van der Waals surface area contributed by atoms with Gasteiger partial charge in [0.05, 0.1) is 11.7 Å². The van der Waals surface area contributed by atoms with Gasteiger partial charge in [-0.2, -0.15) is 0 Å². The summed E-state index contributed by atoms with van der Waals surface area (Å²) >= 11 is 12.5. The van der Waals surface area contributed by atoms with Crippen molar-refractivity contribution >= 4 is 40.8 Å². The maximum absolute atomic E-state index is 13.0. The molecule has 5 nitrogen and oxygen atoms in total. The molecule has 0 unspecified atom stereocenters. The molecule has 2 aromatic carbocycles. The van der Waals surface area contributed by atoms with E-state index in [2.05, 4.69) is 5.32 Å². The van der Waals surface area contributed by atoms with Crippen LogP contribution in [0.1, 0.15) is 24.1 Å². The fraction of sp³-hybridized carbons (Fsp3) is 0.222. The molecular weight excluding hydrogens is 361 g/mol. The molecule has 0 radical (unpaired) electrons. The average molecular weight is 378 g/mol. The second-order valence-corrected chi connectivity index (χ2v) is 6.79. The smallest absolute Gasteiger partial charge is 0.312 e. The van der Waals surface area contributed by atoms with Crippen molar-refractivity contribution in [1.82, 2.24) is 5.32 Å². The van der Waals surface area contributed by atoms with Gasteiger partial charge in [0.1, 0.15) is 6.04 Å². The summed E-state index contributed by atoms with van der Waals surface area (Å²) < 4.78 is 0. The first kappa shape index (κ1) is 17.6. The summed E-state index contributed by atoms with van der Waals surface area (Å²) in [6.07, 6.45) is 0.269. The Balaban J connectivity index is 2.11. The van der Waals surface area contributed by atoms with Gasteiger partial charge in [0, 0.05) is 16.5 Å². The maximum atomic E-state index is 13.0. The number of nitrogens with two attached hydrogens (primary N) is 1. The number of halogens is 2. The third kappa shape index (κ3) is 3.43. The van der Waals surface area contributed by atoms with Crippen LogP contribution in [0.3, 0.4) is 0 Å². The summed E-state index contributed by atoms with van der Waals surface area (Å²) in [5.41, 5.74) is 7.59. The molecule has 0 aliphatic carbocycles. The van der Waals surface area contributed by atoms with Gasteiger partial charge >= 0.3 is 6.03 Å². The summed E-state index contributed by atoms with van der Waals surface area (Å²) in [4.78, 5) is 25.9. The van der Waals surface area contributed by atoms with Crippen molar-refractivity contribution in [2.24, 2.45) is 5.73 Å². The highest BCUT2D eigenvalue weighted by Gasteiger charge is 2.37. The van der Waals surface area contributed by atoms with E-state index >= 15 is 0 Å². The minimum Gasteiger partial charge on any atom is -0.352 e. The zero-order chi connectivity index (χ0) is 18.1. The summed E-state index contributed by atoms with van der Waals surface area (Å²) in [6, 6.07) is 11.2. The SMILES string of the molecule is C[C@@H](c1ccccc1)N1C(=O)[C@H](NC(N)=O)Cc2c(Cl)cc(Cl)cc21. The Morgan fingerprint density at radius 1 is 1.28 bits per heavy atom. The number of carbonyl (C=O) groups is 2. The lowest BCUT2D eigenvalue weighted by Crippen LogP contribution is -2.54. The molecule has 130 valence electrons. The lowest BCUT2D eigenvalue weighted by Gasteiger charge is -2.38.